The molecule has 0 aliphatic carbocycles. The molecule has 1 heterocycles. The van der Waals surface area contributed by atoms with Gasteiger partial charge in [-0.25, -0.2) is 8.42 Å². The Hall–Kier alpha value is -7.45. The van der Waals surface area contributed by atoms with Crippen molar-refractivity contribution in [3.8, 4) is 17.2 Å². The third-order valence-electron chi connectivity index (χ3n) is 10.1. The average molecular weight is 949 g/mol. The number of phenolic OH excluding ortho intramolecular Hbond substituents is 1. The SMILES string of the molecule is CCCCCCCCCCC(Oc1ccc(S(=O)(=O)c2ccc(O)cc2)cc1)C(=O)Nc1ccc(NNC(=O)Sc2nnnn2-c2cccc(NC(=O)c3ccc(NNC(C)=O)cc3)c2)cc1. The topological polar surface area (TPSA) is 248 Å². The van der Waals surface area contributed by atoms with E-state index in [1.165, 1.54) is 85.8 Å². The van der Waals surface area contributed by atoms with Crippen LogP contribution in [0.5, 0.6) is 11.5 Å². The first-order valence-electron chi connectivity index (χ1n) is 21.7. The van der Waals surface area contributed by atoms with Crippen molar-refractivity contribution >= 4 is 67.3 Å². The molecule has 0 spiro atoms. The molecular weight excluding hydrogens is 897 g/mol. The normalized spacial score (nSPS) is 11.5. The number of phenols is 1. The Labute approximate surface area is 392 Å². The second-order valence-corrected chi connectivity index (χ2v) is 18.2. The van der Waals surface area contributed by atoms with Gasteiger partial charge >= 0.3 is 5.24 Å². The van der Waals surface area contributed by atoms with E-state index in [1.807, 2.05) is 0 Å². The van der Waals surface area contributed by atoms with Gasteiger partial charge in [0, 0.05) is 35.6 Å². The molecule has 0 radical (unpaired) electrons. The van der Waals surface area contributed by atoms with Crippen LogP contribution in [0, 0.1) is 0 Å². The van der Waals surface area contributed by atoms with Gasteiger partial charge in [0.15, 0.2) is 6.10 Å². The summed E-state index contributed by atoms with van der Waals surface area (Å²) in [5.74, 6) is -0.704. The van der Waals surface area contributed by atoms with Gasteiger partial charge in [0.1, 0.15) is 11.5 Å². The highest BCUT2D eigenvalue weighted by atomic mass is 32.2. The van der Waals surface area contributed by atoms with E-state index >= 15 is 0 Å². The Bertz CT molecular complexity index is 2700. The molecule has 67 heavy (non-hydrogen) atoms. The van der Waals surface area contributed by atoms with Crippen LogP contribution < -0.4 is 37.1 Å². The number of rotatable bonds is 23. The molecule has 18 nitrogen and oxygen atoms in total. The molecule has 1 aromatic heterocycles. The van der Waals surface area contributed by atoms with Crippen LogP contribution in [0.25, 0.3) is 5.69 Å². The minimum absolute atomic E-state index is 0.0383. The van der Waals surface area contributed by atoms with Crippen molar-refractivity contribution in [1.29, 1.82) is 0 Å². The number of aromatic hydroxyl groups is 1. The molecule has 0 saturated carbocycles. The van der Waals surface area contributed by atoms with Crippen molar-refractivity contribution in [3.63, 3.8) is 0 Å². The predicted molar refractivity (Wildman–Crippen MR) is 256 cm³/mol. The summed E-state index contributed by atoms with van der Waals surface area (Å²) in [6, 6.07) is 31.2. The number of carbonyl (C=O) groups excluding carboxylic acids is 4. The van der Waals surface area contributed by atoms with Crippen LogP contribution in [0.3, 0.4) is 0 Å². The van der Waals surface area contributed by atoms with E-state index in [9.17, 15) is 32.7 Å². The number of ether oxygens (including phenoxy) is 1. The van der Waals surface area contributed by atoms with Crippen LogP contribution in [0.2, 0.25) is 0 Å². The van der Waals surface area contributed by atoms with Crippen molar-refractivity contribution in [3.05, 3.63) is 127 Å². The number of benzene rings is 5. The van der Waals surface area contributed by atoms with Crippen molar-refractivity contribution in [2.75, 3.05) is 21.5 Å². The highest BCUT2D eigenvalue weighted by Gasteiger charge is 2.23. The number of thioether (sulfide) groups is 1. The van der Waals surface area contributed by atoms with E-state index < -0.39 is 21.2 Å². The predicted octanol–water partition coefficient (Wildman–Crippen LogP) is 8.66. The molecule has 1 atom stereocenters. The molecule has 0 aliphatic rings. The number of unbranched alkanes of at least 4 members (excludes halogenated alkanes) is 7. The van der Waals surface area contributed by atoms with Gasteiger partial charge in [-0.15, -0.1) is 5.10 Å². The molecule has 350 valence electrons. The summed E-state index contributed by atoms with van der Waals surface area (Å²) >= 11 is 0.731. The number of hydrogen-bond donors (Lipinski definition) is 7. The highest BCUT2D eigenvalue weighted by molar-refractivity contribution is 8.13. The molecule has 6 rings (SSSR count). The fourth-order valence-electron chi connectivity index (χ4n) is 6.61. The molecule has 20 heteroatoms. The van der Waals surface area contributed by atoms with Crippen LogP contribution >= 0.6 is 11.8 Å². The van der Waals surface area contributed by atoms with Gasteiger partial charge < -0.3 is 20.5 Å². The molecule has 0 fully saturated rings. The second-order valence-electron chi connectivity index (χ2n) is 15.3. The third kappa shape index (κ3) is 14.8. The zero-order valence-corrected chi connectivity index (χ0v) is 38.5. The monoisotopic (exact) mass is 948 g/mol. The number of hydrazine groups is 2. The molecule has 7 N–H and O–H groups in total. The lowest BCUT2D eigenvalue weighted by molar-refractivity contribution is -0.123. The van der Waals surface area contributed by atoms with E-state index in [2.05, 4.69) is 54.8 Å². The van der Waals surface area contributed by atoms with Crippen LogP contribution in [0.15, 0.2) is 136 Å². The number of aromatic nitrogens is 4. The lowest BCUT2D eigenvalue weighted by Gasteiger charge is -2.19. The quantitative estimate of drug-likeness (QED) is 0.0180. The largest absolute Gasteiger partial charge is 0.508 e. The summed E-state index contributed by atoms with van der Waals surface area (Å²) in [7, 11) is -3.84. The molecule has 1 unspecified atom stereocenters. The fourth-order valence-corrected chi connectivity index (χ4v) is 8.44. The summed E-state index contributed by atoms with van der Waals surface area (Å²) in [5.41, 5.74) is 13.6. The molecular formula is C47H52N10O8S2. The van der Waals surface area contributed by atoms with Crippen LogP contribution in [0.1, 0.15) is 82.0 Å². The van der Waals surface area contributed by atoms with Crippen molar-refractivity contribution in [2.24, 2.45) is 0 Å². The number of carbonyl (C=O) groups is 4. The Morgan fingerprint density at radius 3 is 1.96 bits per heavy atom. The molecule has 0 saturated heterocycles. The van der Waals surface area contributed by atoms with Crippen LogP contribution in [0.4, 0.5) is 27.5 Å². The number of amides is 4. The number of hydrogen-bond acceptors (Lipinski definition) is 14. The van der Waals surface area contributed by atoms with Crippen molar-refractivity contribution in [1.82, 2.24) is 31.1 Å². The standard InChI is InChI=1S/C47H52N10O8S2/c1-3-4-5-6-7-8-9-10-14-43(65-40-25-29-42(30-26-40)67(63,64)41-27-23-39(59)24-28-41)45(61)48-34-19-21-36(22-20-34)52-54-47(62)66-46-53-55-56-57(46)38-13-11-12-37(31-38)49-44(60)33-15-17-35(18-16-33)51-50-32(2)58/h11-13,15-31,43,51-52,59H,3-10,14H2,1-2H3,(H,48,61)(H,49,60)(H,50,58)(H,54,62). The number of anilines is 4. The summed E-state index contributed by atoms with van der Waals surface area (Å²) in [4.78, 5) is 50.8. The van der Waals surface area contributed by atoms with Gasteiger partial charge in [-0.05, 0) is 139 Å². The minimum Gasteiger partial charge on any atom is -0.508 e. The van der Waals surface area contributed by atoms with E-state index in [1.54, 1.807) is 72.8 Å². The van der Waals surface area contributed by atoms with Gasteiger partial charge in [-0.3, -0.25) is 40.9 Å². The van der Waals surface area contributed by atoms with Crippen LogP contribution in [-0.2, 0) is 19.4 Å². The van der Waals surface area contributed by atoms with Crippen molar-refractivity contribution < 1.29 is 37.4 Å². The maximum Gasteiger partial charge on any atom is 0.305 e. The Kier molecular flexibility index (Phi) is 17.7. The summed E-state index contributed by atoms with van der Waals surface area (Å²) in [6.45, 7) is 3.56. The number of nitrogens with one attached hydrogen (secondary N) is 6. The summed E-state index contributed by atoms with van der Waals surface area (Å²) in [5, 5.41) is 26.7. The second kappa shape index (κ2) is 24.2. The first-order valence-corrected chi connectivity index (χ1v) is 24.0. The highest BCUT2D eigenvalue weighted by Crippen LogP contribution is 2.27. The van der Waals surface area contributed by atoms with E-state index in [0.29, 0.717) is 46.2 Å². The van der Waals surface area contributed by atoms with Crippen molar-refractivity contribution in [2.45, 2.75) is 92.7 Å². The number of sulfone groups is 1. The van der Waals surface area contributed by atoms with Gasteiger partial charge in [-0.1, -0.05) is 57.9 Å². The van der Waals surface area contributed by atoms with Crippen LogP contribution in [-0.4, -0.2) is 62.8 Å². The smallest absolute Gasteiger partial charge is 0.305 e. The lowest BCUT2D eigenvalue weighted by atomic mass is 10.1. The molecule has 6 aromatic rings. The molecule has 0 aliphatic heterocycles. The van der Waals surface area contributed by atoms with E-state index in [-0.39, 0.29) is 38.4 Å². The van der Waals surface area contributed by atoms with Gasteiger partial charge in [0.2, 0.25) is 20.9 Å². The maximum atomic E-state index is 13.7. The van der Waals surface area contributed by atoms with E-state index in [0.717, 1.165) is 37.4 Å². The Morgan fingerprint density at radius 1 is 0.701 bits per heavy atom. The summed E-state index contributed by atoms with van der Waals surface area (Å²) in [6.07, 6.45) is 8.27. The number of nitrogens with zero attached hydrogens (tertiary/aromatic N) is 4. The molecule has 5 aromatic carbocycles. The van der Waals surface area contributed by atoms with Gasteiger partial charge in [0.05, 0.1) is 26.9 Å². The average Bonchev–Trinajstić information content (AvgIpc) is 3.79. The number of tetrazole rings is 1. The Morgan fingerprint density at radius 2 is 1.30 bits per heavy atom. The molecule has 4 amide bonds. The third-order valence-corrected chi connectivity index (χ3v) is 12.6. The van der Waals surface area contributed by atoms with E-state index in [4.69, 9.17) is 4.74 Å². The summed E-state index contributed by atoms with van der Waals surface area (Å²) < 4.78 is 33.8. The Balaban J connectivity index is 1.01. The zero-order chi connectivity index (χ0) is 47.6. The lowest BCUT2D eigenvalue weighted by Crippen LogP contribution is -2.33. The van der Waals surface area contributed by atoms with Gasteiger partial charge in [0.25, 0.3) is 11.8 Å². The zero-order valence-electron chi connectivity index (χ0n) is 36.9. The van der Waals surface area contributed by atoms with Gasteiger partial charge in [-0.2, -0.15) is 4.68 Å². The first-order chi connectivity index (χ1) is 32.4. The minimum atomic E-state index is -3.84. The fraction of sp³-hybridized carbons (Fsp3) is 0.255. The first kappa shape index (κ1) is 49.0. The maximum absolute atomic E-state index is 13.7. The molecule has 0 bridgehead atoms.